The van der Waals surface area contributed by atoms with Crippen LogP contribution in [0.25, 0.3) is 0 Å². The lowest BCUT2D eigenvalue weighted by Gasteiger charge is -1.88. The van der Waals surface area contributed by atoms with E-state index in [1.807, 2.05) is 0 Å². The second-order valence-electron chi connectivity index (χ2n) is 1.39. The lowest BCUT2D eigenvalue weighted by atomic mass is 10.6. The van der Waals surface area contributed by atoms with E-state index < -0.39 is 6.09 Å². The normalized spacial score (nSPS) is 8.89. The Morgan fingerprint density at radius 1 is 1.67 bits per heavy atom. The highest BCUT2D eigenvalue weighted by Gasteiger charge is 1.97. The smallest absolute Gasteiger partial charge is 0.279 e. The van der Waals surface area contributed by atoms with Crippen molar-refractivity contribution in [2.75, 3.05) is 5.32 Å². The second kappa shape index (κ2) is 2.50. The van der Waals surface area contributed by atoms with Crippen LogP contribution in [0, 0.1) is 0 Å². The first-order valence-corrected chi connectivity index (χ1v) is 3.18. The van der Waals surface area contributed by atoms with Crippen molar-refractivity contribution in [3.05, 3.63) is 17.5 Å². The fraction of sp³-hybridized carbons (Fsp3) is 0. The fourth-order valence-corrected chi connectivity index (χ4v) is 1.05. The molecule has 0 saturated carbocycles. The van der Waals surface area contributed by atoms with Crippen LogP contribution in [-0.4, -0.2) is 6.09 Å². The van der Waals surface area contributed by atoms with Gasteiger partial charge in [-0.15, -0.1) is 11.3 Å². The van der Waals surface area contributed by atoms with Gasteiger partial charge in [-0.3, -0.25) is 5.32 Å². The van der Waals surface area contributed by atoms with Crippen LogP contribution in [0.15, 0.2) is 17.5 Å². The molecule has 0 aliphatic rings. The molecule has 0 aliphatic heterocycles. The minimum atomic E-state index is -1.27. The highest BCUT2D eigenvalue weighted by Crippen LogP contribution is 2.14. The van der Waals surface area contributed by atoms with Crippen molar-refractivity contribution in [1.29, 1.82) is 0 Å². The zero-order chi connectivity index (χ0) is 6.69. The summed E-state index contributed by atoms with van der Waals surface area (Å²) >= 11 is 1.32. The van der Waals surface area contributed by atoms with Gasteiger partial charge in [0.05, 0.1) is 5.00 Å². The van der Waals surface area contributed by atoms with E-state index in [4.69, 9.17) is 0 Å². The van der Waals surface area contributed by atoms with E-state index in [1.165, 1.54) is 11.3 Å². The van der Waals surface area contributed by atoms with Crippen LogP contribution >= 0.6 is 11.3 Å². The van der Waals surface area contributed by atoms with E-state index >= 15 is 0 Å². The number of nitrogens with one attached hydrogen (secondary N) is 1. The molecule has 0 aliphatic carbocycles. The topological polar surface area (TPSA) is 49.0 Å². The first-order valence-electron chi connectivity index (χ1n) is 2.30. The van der Waals surface area contributed by atoms with Crippen molar-refractivity contribution in [1.82, 2.24) is 0 Å². The highest BCUT2D eigenvalue weighted by atomic mass is 32.1. The Morgan fingerprint density at radius 3 is 2.89 bits per heavy atom. The van der Waals surface area contributed by atoms with Crippen molar-refractivity contribution < 1.29 is 9.90 Å². The maximum atomic E-state index is 9.85. The van der Waals surface area contributed by atoms with Gasteiger partial charge in [0, 0.05) is 0 Å². The standard InChI is InChI=1S/C5H4NO2S/c7-5(8)6-4-2-1-3-9-4/h1-3,6H. The van der Waals surface area contributed by atoms with Gasteiger partial charge in [-0.1, -0.05) is 0 Å². The Balaban J connectivity index is 2.58. The lowest BCUT2D eigenvalue weighted by Crippen LogP contribution is -2.03. The van der Waals surface area contributed by atoms with Gasteiger partial charge in [0.1, 0.15) is 0 Å². The summed E-state index contributed by atoms with van der Waals surface area (Å²) in [6.07, 6.45) is -1.27. The van der Waals surface area contributed by atoms with E-state index in [0.29, 0.717) is 5.00 Å². The summed E-state index contributed by atoms with van der Waals surface area (Å²) < 4.78 is 0. The molecular formula is C5H4NO2S. The summed E-state index contributed by atoms with van der Waals surface area (Å²) in [4.78, 5) is 9.85. The molecule has 0 bridgehead atoms. The highest BCUT2D eigenvalue weighted by molar-refractivity contribution is 7.14. The Hall–Kier alpha value is -1.03. The van der Waals surface area contributed by atoms with Crippen molar-refractivity contribution in [3.63, 3.8) is 0 Å². The number of hydrogen-bond donors (Lipinski definition) is 1. The van der Waals surface area contributed by atoms with Gasteiger partial charge in [-0.05, 0) is 17.5 Å². The lowest BCUT2D eigenvalue weighted by molar-refractivity contribution is 0.185. The van der Waals surface area contributed by atoms with E-state index in [2.05, 4.69) is 5.32 Å². The van der Waals surface area contributed by atoms with E-state index in [1.54, 1.807) is 17.5 Å². The molecule has 1 radical (unpaired) electrons. The van der Waals surface area contributed by atoms with E-state index in [9.17, 15) is 9.90 Å². The minimum Gasteiger partial charge on any atom is -0.279 e. The van der Waals surface area contributed by atoms with Crippen LogP contribution in [0.5, 0.6) is 0 Å². The molecule has 1 rings (SSSR count). The van der Waals surface area contributed by atoms with Crippen molar-refractivity contribution in [3.8, 4) is 0 Å². The molecule has 0 saturated heterocycles. The zero-order valence-electron chi connectivity index (χ0n) is 4.46. The summed E-state index contributed by atoms with van der Waals surface area (Å²) in [5.74, 6) is 0. The molecular weight excluding hydrogens is 138 g/mol. The average Bonchev–Trinajstić information content (AvgIpc) is 2.15. The Bertz CT molecular complexity index is 195. The van der Waals surface area contributed by atoms with Gasteiger partial charge < -0.3 is 0 Å². The maximum absolute atomic E-state index is 9.85. The Morgan fingerprint density at radius 2 is 2.44 bits per heavy atom. The largest absolute Gasteiger partial charge is 0.455 e. The SMILES string of the molecule is [O]C(=O)Nc1cccs1. The van der Waals surface area contributed by atoms with Crippen LogP contribution in [0.3, 0.4) is 0 Å². The first kappa shape index (κ1) is 6.10. The van der Waals surface area contributed by atoms with Crippen LogP contribution < -0.4 is 5.32 Å². The van der Waals surface area contributed by atoms with Gasteiger partial charge in [-0.2, -0.15) is 0 Å². The number of anilines is 1. The summed E-state index contributed by atoms with van der Waals surface area (Å²) in [7, 11) is 0. The predicted molar refractivity (Wildman–Crippen MR) is 34.0 cm³/mol. The third-order valence-electron chi connectivity index (χ3n) is 0.746. The van der Waals surface area contributed by atoms with Crippen LogP contribution in [0.4, 0.5) is 9.80 Å². The fourth-order valence-electron chi connectivity index (χ4n) is 0.450. The van der Waals surface area contributed by atoms with Gasteiger partial charge in [-0.25, -0.2) is 9.90 Å². The molecule has 1 amide bonds. The van der Waals surface area contributed by atoms with Crippen LogP contribution in [0.2, 0.25) is 0 Å². The van der Waals surface area contributed by atoms with Crippen LogP contribution in [-0.2, 0) is 5.11 Å². The summed E-state index contributed by atoms with van der Waals surface area (Å²) in [6.45, 7) is 0. The summed E-state index contributed by atoms with van der Waals surface area (Å²) in [6, 6.07) is 3.43. The number of hydrogen-bond acceptors (Lipinski definition) is 2. The maximum Gasteiger partial charge on any atom is 0.455 e. The third kappa shape index (κ3) is 1.73. The third-order valence-corrected chi connectivity index (χ3v) is 1.53. The van der Waals surface area contributed by atoms with Gasteiger partial charge >= 0.3 is 6.09 Å². The molecule has 3 nitrogen and oxygen atoms in total. The van der Waals surface area contributed by atoms with Gasteiger partial charge in [0.25, 0.3) is 0 Å². The predicted octanol–water partition coefficient (Wildman–Crippen LogP) is 1.71. The molecule has 0 fully saturated rings. The molecule has 0 aromatic carbocycles. The number of carbonyl (C=O) groups is 1. The second-order valence-corrected chi connectivity index (χ2v) is 2.34. The van der Waals surface area contributed by atoms with E-state index in [0.717, 1.165) is 0 Å². The number of carbonyl (C=O) groups excluding carboxylic acids is 1. The zero-order valence-corrected chi connectivity index (χ0v) is 5.27. The molecule has 0 atom stereocenters. The first-order chi connectivity index (χ1) is 4.29. The molecule has 1 N–H and O–H groups in total. The van der Waals surface area contributed by atoms with Crippen molar-refractivity contribution in [2.45, 2.75) is 0 Å². The van der Waals surface area contributed by atoms with Crippen LogP contribution in [0.1, 0.15) is 0 Å². The quantitative estimate of drug-likeness (QED) is 0.637. The molecule has 1 aromatic rings. The number of amides is 1. The van der Waals surface area contributed by atoms with Gasteiger partial charge in [0.15, 0.2) is 0 Å². The van der Waals surface area contributed by atoms with E-state index in [-0.39, 0.29) is 0 Å². The Kier molecular flexibility index (Phi) is 1.69. The summed E-state index contributed by atoms with van der Waals surface area (Å²) in [5.41, 5.74) is 0. The minimum absolute atomic E-state index is 0.593. The molecule has 4 heteroatoms. The monoisotopic (exact) mass is 142 g/mol. The molecule has 0 spiro atoms. The van der Waals surface area contributed by atoms with Crippen molar-refractivity contribution >= 4 is 22.4 Å². The van der Waals surface area contributed by atoms with Gasteiger partial charge in [0.2, 0.25) is 0 Å². The van der Waals surface area contributed by atoms with Crippen molar-refractivity contribution in [2.24, 2.45) is 0 Å². The average molecular weight is 142 g/mol. The Labute approximate surface area is 55.9 Å². The molecule has 1 heterocycles. The summed E-state index contributed by atoms with van der Waals surface area (Å²) in [5, 5.41) is 14.3. The molecule has 1 aromatic heterocycles. The molecule has 9 heavy (non-hydrogen) atoms. The number of thiophene rings is 1. The molecule has 47 valence electrons. The molecule has 0 unspecified atom stereocenters. The number of rotatable bonds is 1.